The number of halogens is 3. The van der Waals surface area contributed by atoms with E-state index in [4.69, 9.17) is 5.73 Å². The number of ether oxygens (including phenoxy) is 1. The number of aromatic nitrogens is 1. The fraction of sp³-hybridized carbons (Fsp3) is 0.261. The Morgan fingerprint density at radius 2 is 1.83 bits per heavy atom. The number of fused-ring (bicyclic) bond motifs is 2. The third kappa shape index (κ3) is 4.46. The number of hydrogen-bond acceptors (Lipinski definition) is 4. The first-order valence-electron chi connectivity index (χ1n) is 10.7. The zero-order valence-corrected chi connectivity index (χ0v) is 18.1. The van der Waals surface area contributed by atoms with Gasteiger partial charge >= 0.3 is 18.4 Å². The van der Waals surface area contributed by atoms with E-state index in [1.165, 1.54) is 27.8 Å². The summed E-state index contributed by atoms with van der Waals surface area (Å²) in [6, 6.07) is 9.81. The van der Waals surface area contributed by atoms with Crippen molar-refractivity contribution in [2.75, 3.05) is 17.2 Å². The molecule has 1 aliphatic carbocycles. The number of alkyl halides is 3. The van der Waals surface area contributed by atoms with Crippen molar-refractivity contribution in [3.8, 4) is 5.75 Å². The van der Waals surface area contributed by atoms with Gasteiger partial charge in [0.25, 0.3) is 0 Å². The number of rotatable bonds is 4. The molecule has 1 saturated heterocycles. The molecule has 0 spiro atoms. The average molecular weight is 487 g/mol. The molecule has 3 atom stereocenters. The molecule has 2 aliphatic rings. The van der Waals surface area contributed by atoms with E-state index < -0.39 is 36.1 Å². The molecule has 2 fully saturated rings. The highest BCUT2D eigenvalue weighted by atomic mass is 19.4. The van der Waals surface area contributed by atoms with Gasteiger partial charge in [-0.05, 0) is 36.5 Å². The lowest BCUT2D eigenvalue weighted by atomic mass is 10.1. The smallest absolute Gasteiger partial charge is 0.406 e. The van der Waals surface area contributed by atoms with Crippen molar-refractivity contribution < 1.29 is 32.3 Å². The van der Waals surface area contributed by atoms with Crippen LogP contribution in [0.3, 0.4) is 0 Å². The number of likely N-dealkylation sites (tertiary alicyclic amines) is 1. The van der Waals surface area contributed by atoms with Crippen molar-refractivity contribution in [1.82, 2.24) is 9.47 Å². The minimum Gasteiger partial charge on any atom is -0.406 e. The standard InChI is InChI=1S/C23H20F3N5O4/c24-23(25,26)35-14-5-3-4-13(9-14)28-20(32)19-16-8-12(16)10-31(19)22(34)29-17-11-30(21(27)33)18-7-2-1-6-15(17)18/h1-7,9,11-12,16,19H,8,10H2,(H2,27,33)(H,28,32)(H,29,34). The molecule has 1 aromatic heterocycles. The number of carbonyl (C=O) groups excluding carboxylic acids is 3. The number of urea groups is 1. The minimum atomic E-state index is -4.86. The molecular weight excluding hydrogens is 467 g/mol. The molecule has 35 heavy (non-hydrogen) atoms. The molecule has 4 amide bonds. The highest BCUT2D eigenvalue weighted by Crippen LogP contribution is 2.50. The third-order valence-corrected chi connectivity index (χ3v) is 6.21. The van der Waals surface area contributed by atoms with Crippen LogP contribution < -0.4 is 21.1 Å². The van der Waals surface area contributed by atoms with Gasteiger partial charge in [0.2, 0.25) is 5.91 Å². The number of amides is 4. The van der Waals surface area contributed by atoms with Gasteiger partial charge in [-0.15, -0.1) is 13.2 Å². The summed E-state index contributed by atoms with van der Waals surface area (Å²) in [4.78, 5) is 39.4. The van der Waals surface area contributed by atoms with Crippen LogP contribution in [0.2, 0.25) is 0 Å². The lowest BCUT2D eigenvalue weighted by Crippen LogP contribution is -2.47. The van der Waals surface area contributed by atoms with E-state index in [9.17, 15) is 27.6 Å². The average Bonchev–Trinajstić information content (AvgIpc) is 3.28. The van der Waals surface area contributed by atoms with Crippen molar-refractivity contribution in [3.63, 3.8) is 0 Å². The van der Waals surface area contributed by atoms with Gasteiger partial charge in [-0.3, -0.25) is 9.36 Å². The van der Waals surface area contributed by atoms with Gasteiger partial charge in [-0.25, -0.2) is 9.59 Å². The molecular formula is C23H20F3N5O4. The number of benzene rings is 2. The van der Waals surface area contributed by atoms with E-state index in [-0.39, 0.29) is 17.5 Å². The van der Waals surface area contributed by atoms with E-state index in [1.54, 1.807) is 24.3 Å². The fourth-order valence-corrected chi connectivity index (χ4v) is 4.65. The second-order valence-electron chi connectivity index (χ2n) is 8.52. The van der Waals surface area contributed by atoms with Crippen LogP contribution in [0.15, 0.2) is 54.7 Å². The Labute approximate surface area is 196 Å². The van der Waals surface area contributed by atoms with Crippen molar-refractivity contribution in [2.24, 2.45) is 17.6 Å². The van der Waals surface area contributed by atoms with Crippen LogP contribution in [0.1, 0.15) is 6.42 Å². The van der Waals surface area contributed by atoms with Crippen LogP contribution in [-0.2, 0) is 4.79 Å². The Kier molecular flexibility index (Phi) is 5.30. The van der Waals surface area contributed by atoms with E-state index in [0.29, 0.717) is 23.1 Å². The summed E-state index contributed by atoms with van der Waals surface area (Å²) in [5, 5.41) is 5.95. The van der Waals surface area contributed by atoms with Crippen LogP contribution in [-0.4, -0.2) is 46.4 Å². The Hall–Kier alpha value is -4.22. The van der Waals surface area contributed by atoms with Gasteiger partial charge in [0, 0.05) is 29.9 Å². The van der Waals surface area contributed by atoms with E-state index in [1.807, 2.05) is 0 Å². The van der Waals surface area contributed by atoms with Crippen LogP contribution in [0, 0.1) is 11.8 Å². The zero-order valence-electron chi connectivity index (χ0n) is 18.1. The molecule has 9 nitrogen and oxygen atoms in total. The van der Waals surface area contributed by atoms with E-state index in [0.717, 1.165) is 18.6 Å². The monoisotopic (exact) mass is 487 g/mol. The lowest BCUT2D eigenvalue weighted by molar-refractivity contribution is -0.274. The number of anilines is 2. The zero-order chi connectivity index (χ0) is 24.9. The van der Waals surface area contributed by atoms with Crippen LogP contribution >= 0.6 is 0 Å². The second-order valence-corrected chi connectivity index (χ2v) is 8.52. The summed E-state index contributed by atoms with van der Waals surface area (Å²) in [6.07, 6.45) is -2.66. The minimum absolute atomic E-state index is 0.0395. The van der Waals surface area contributed by atoms with Crippen LogP contribution in [0.5, 0.6) is 5.75 Å². The van der Waals surface area contributed by atoms with Gasteiger partial charge in [0.1, 0.15) is 11.8 Å². The predicted molar refractivity (Wildman–Crippen MR) is 120 cm³/mol. The van der Waals surface area contributed by atoms with E-state index in [2.05, 4.69) is 15.4 Å². The molecule has 0 radical (unpaired) electrons. The van der Waals surface area contributed by atoms with Gasteiger partial charge in [0.15, 0.2) is 0 Å². The Morgan fingerprint density at radius 1 is 1.06 bits per heavy atom. The largest absolute Gasteiger partial charge is 0.573 e. The third-order valence-electron chi connectivity index (χ3n) is 6.21. The molecule has 2 heterocycles. The molecule has 12 heteroatoms. The number of nitrogens with zero attached hydrogens (tertiary/aromatic N) is 2. The quantitative estimate of drug-likeness (QED) is 0.516. The first-order valence-corrected chi connectivity index (χ1v) is 10.7. The molecule has 0 bridgehead atoms. The number of para-hydroxylation sites is 1. The number of primary amides is 1. The lowest BCUT2D eigenvalue weighted by Gasteiger charge is -2.27. The molecule has 1 saturated carbocycles. The molecule has 3 aromatic rings. The second kappa shape index (κ2) is 8.22. The summed E-state index contributed by atoms with van der Waals surface area (Å²) in [6.45, 7) is 0.361. The first kappa shape index (κ1) is 22.6. The Bertz CT molecular complexity index is 1340. The molecule has 182 valence electrons. The topological polar surface area (TPSA) is 119 Å². The van der Waals surface area contributed by atoms with Gasteiger partial charge < -0.3 is 26.0 Å². The van der Waals surface area contributed by atoms with E-state index >= 15 is 0 Å². The number of carbonyl (C=O) groups is 3. The maximum absolute atomic E-state index is 13.1. The van der Waals surface area contributed by atoms with Gasteiger partial charge in [-0.2, -0.15) is 0 Å². The molecule has 3 unspecified atom stereocenters. The summed E-state index contributed by atoms with van der Waals surface area (Å²) >= 11 is 0. The predicted octanol–water partition coefficient (Wildman–Crippen LogP) is 3.96. The van der Waals surface area contributed by atoms with Gasteiger partial charge in [-0.1, -0.05) is 24.3 Å². The number of nitrogens with one attached hydrogen (secondary N) is 2. The van der Waals surface area contributed by atoms with Crippen LogP contribution in [0.4, 0.5) is 34.1 Å². The number of nitrogens with two attached hydrogens (primary N) is 1. The SMILES string of the molecule is NC(=O)n1cc(NC(=O)N2CC3CC3C2C(=O)Nc2cccc(OC(F)(F)F)c2)c2ccccc21. The molecule has 4 N–H and O–H groups in total. The summed E-state index contributed by atoms with van der Waals surface area (Å²) < 4.78 is 42.7. The summed E-state index contributed by atoms with van der Waals surface area (Å²) in [7, 11) is 0. The van der Waals surface area contributed by atoms with Crippen molar-refractivity contribution in [2.45, 2.75) is 18.8 Å². The first-order chi connectivity index (χ1) is 16.6. The fourth-order valence-electron chi connectivity index (χ4n) is 4.65. The Morgan fingerprint density at radius 3 is 2.57 bits per heavy atom. The normalized spacial score (nSPS) is 20.9. The number of piperidine rings is 1. The van der Waals surface area contributed by atoms with Crippen molar-refractivity contribution in [1.29, 1.82) is 0 Å². The van der Waals surface area contributed by atoms with Crippen molar-refractivity contribution in [3.05, 3.63) is 54.7 Å². The summed E-state index contributed by atoms with van der Waals surface area (Å²) in [5.74, 6) is -0.842. The van der Waals surface area contributed by atoms with Crippen LogP contribution in [0.25, 0.3) is 10.9 Å². The molecule has 5 rings (SSSR count). The number of hydrogen-bond donors (Lipinski definition) is 3. The summed E-state index contributed by atoms with van der Waals surface area (Å²) in [5.41, 5.74) is 6.43. The van der Waals surface area contributed by atoms with Gasteiger partial charge in [0.05, 0.1) is 11.2 Å². The maximum Gasteiger partial charge on any atom is 0.573 e. The highest BCUT2D eigenvalue weighted by Gasteiger charge is 2.57. The maximum atomic E-state index is 13.1. The molecule has 2 aromatic carbocycles. The van der Waals surface area contributed by atoms with Crippen molar-refractivity contribution >= 4 is 40.2 Å². The highest BCUT2D eigenvalue weighted by molar-refractivity contribution is 6.06. The Balaban J connectivity index is 1.33. The molecule has 1 aliphatic heterocycles.